The minimum atomic E-state index is -1.03. The van der Waals surface area contributed by atoms with E-state index in [-0.39, 0.29) is 17.4 Å². The van der Waals surface area contributed by atoms with Crippen LogP contribution in [0.4, 0.5) is 0 Å². The summed E-state index contributed by atoms with van der Waals surface area (Å²) in [5, 5.41) is 32.2. The van der Waals surface area contributed by atoms with Crippen LogP contribution in [0, 0.1) is 11.3 Å². The molecule has 1 aromatic carbocycles. The van der Waals surface area contributed by atoms with Gasteiger partial charge in [0.25, 0.3) is 0 Å². The van der Waals surface area contributed by atoms with Gasteiger partial charge in [-0.3, -0.25) is 10.3 Å². The van der Waals surface area contributed by atoms with Crippen LogP contribution in [0.1, 0.15) is 77.0 Å². The van der Waals surface area contributed by atoms with Crippen LogP contribution in [-0.2, 0) is 0 Å². The van der Waals surface area contributed by atoms with Crippen LogP contribution in [0.15, 0.2) is 76.6 Å². The van der Waals surface area contributed by atoms with E-state index in [0.717, 1.165) is 99.9 Å². The summed E-state index contributed by atoms with van der Waals surface area (Å²) in [6.07, 6.45) is 23.9. The number of para-hydroxylation sites is 1. The number of hydroxylamine groups is 2. The predicted molar refractivity (Wildman–Crippen MR) is 167 cm³/mol. The molecule has 5 heterocycles. The van der Waals surface area contributed by atoms with Gasteiger partial charge < -0.3 is 15.3 Å². The third kappa shape index (κ3) is 5.04. The van der Waals surface area contributed by atoms with E-state index in [0.29, 0.717) is 13.0 Å². The highest BCUT2D eigenvalue weighted by atomic mass is 16.5. The number of aliphatic hydroxyl groups is 1. The SMILES string of the molecule is ON1CCC2=c3ccccc3=NC2=C1C1=C[C@@]2(O)CCC=CCCCCN3CC[C@@H]1[C@]1(CCC=CCCCCN[C@H]12)C3. The standard InChI is InChI=1S/C36H48N4O2/c41-36-20-12-6-2-4-8-14-22-39-23-18-30(35(26-39)19-11-5-1-3-7-13-21-37-34(35)36)29(25-36)33-32-28(17-24-40(33)42)27-15-9-10-16-31(27)38-32/h1-2,5-6,9-10,15-16,25,30,34,37,41-42H,3-4,7-8,11-14,17-24,26H2/t30-,34+,35-,36-/m0/s1. The fraction of sp³-hybridized carbons (Fsp3) is 0.583. The highest BCUT2D eigenvalue weighted by Gasteiger charge is 2.59. The summed E-state index contributed by atoms with van der Waals surface area (Å²) >= 11 is 0. The Labute approximate surface area is 250 Å². The quantitative estimate of drug-likeness (QED) is 0.427. The Morgan fingerprint density at radius 3 is 2.55 bits per heavy atom. The van der Waals surface area contributed by atoms with E-state index < -0.39 is 5.60 Å². The Kier molecular flexibility index (Phi) is 7.99. The molecule has 224 valence electrons. The molecular weight excluding hydrogens is 520 g/mol. The molecule has 0 amide bonds. The summed E-state index contributed by atoms with van der Waals surface area (Å²) in [4.78, 5) is 7.84. The largest absolute Gasteiger partial charge is 0.384 e. The maximum absolute atomic E-state index is 13.0. The molecule has 6 nitrogen and oxygen atoms in total. The second kappa shape index (κ2) is 11.9. The van der Waals surface area contributed by atoms with Crippen molar-refractivity contribution >= 4 is 5.57 Å². The average Bonchev–Trinajstić information content (AvgIpc) is 3.34. The summed E-state index contributed by atoms with van der Waals surface area (Å²) in [5.41, 5.74) is 2.94. The lowest BCUT2D eigenvalue weighted by Gasteiger charge is -2.60. The zero-order valence-electron chi connectivity index (χ0n) is 25.1. The maximum Gasteiger partial charge on any atom is 0.0995 e. The molecule has 3 bridgehead atoms. The fourth-order valence-corrected chi connectivity index (χ4v) is 9.03. The first-order valence-electron chi connectivity index (χ1n) is 16.7. The zero-order chi connectivity index (χ0) is 28.6. The summed E-state index contributed by atoms with van der Waals surface area (Å²) in [5.74, 6) is 0.233. The molecule has 3 N–H and O–H groups in total. The first-order valence-corrected chi connectivity index (χ1v) is 16.7. The lowest BCUT2D eigenvalue weighted by atomic mass is 9.53. The number of allylic oxidation sites excluding steroid dienone is 6. The number of nitrogens with one attached hydrogen (secondary N) is 1. The van der Waals surface area contributed by atoms with Crippen molar-refractivity contribution in [2.24, 2.45) is 16.3 Å². The molecule has 5 atom stereocenters. The van der Waals surface area contributed by atoms with Crippen molar-refractivity contribution in [2.45, 2.75) is 88.7 Å². The lowest BCUT2D eigenvalue weighted by molar-refractivity contribution is -0.0958. The Morgan fingerprint density at radius 2 is 1.67 bits per heavy atom. The summed E-state index contributed by atoms with van der Waals surface area (Å²) < 4.78 is 0. The van der Waals surface area contributed by atoms with Gasteiger partial charge in [0.05, 0.1) is 22.4 Å². The number of hydrogen-bond acceptors (Lipinski definition) is 6. The van der Waals surface area contributed by atoms with Gasteiger partial charge in [0.1, 0.15) is 0 Å². The van der Waals surface area contributed by atoms with Crippen molar-refractivity contribution in [2.75, 3.05) is 32.7 Å². The molecule has 1 aliphatic carbocycles. The van der Waals surface area contributed by atoms with Gasteiger partial charge in [0, 0.05) is 29.8 Å². The third-order valence-electron chi connectivity index (χ3n) is 10.9. The minimum absolute atomic E-state index is 0.0373. The molecule has 1 spiro atoms. The molecule has 6 aliphatic rings. The highest BCUT2D eigenvalue weighted by molar-refractivity contribution is 5.71. The van der Waals surface area contributed by atoms with Gasteiger partial charge in [0.2, 0.25) is 0 Å². The van der Waals surface area contributed by atoms with Crippen molar-refractivity contribution < 1.29 is 10.3 Å². The smallest absolute Gasteiger partial charge is 0.0995 e. The van der Waals surface area contributed by atoms with E-state index in [1.165, 1.54) is 35.1 Å². The monoisotopic (exact) mass is 568 g/mol. The normalized spacial score (nSPS) is 35.5. The molecule has 5 aliphatic heterocycles. The van der Waals surface area contributed by atoms with Gasteiger partial charge >= 0.3 is 0 Å². The second-order valence-corrected chi connectivity index (χ2v) is 13.5. The number of rotatable bonds is 1. The summed E-state index contributed by atoms with van der Waals surface area (Å²) in [6.45, 7) is 4.63. The molecule has 6 heteroatoms. The van der Waals surface area contributed by atoms with Crippen LogP contribution in [0.3, 0.4) is 0 Å². The van der Waals surface area contributed by atoms with Crippen LogP contribution >= 0.6 is 0 Å². The number of fused-ring (bicyclic) bond motifs is 3. The number of piperidine rings is 1. The van der Waals surface area contributed by atoms with Gasteiger partial charge in [-0.05, 0) is 126 Å². The van der Waals surface area contributed by atoms with E-state index in [1.807, 2.05) is 6.07 Å². The van der Waals surface area contributed by atoms with Crippen molar-refractivity contribution in [1.29, 1.82) is 0 Å². The second-order valence-electron chi connectivity index (χ2n) is 13.5. The predicted octanol–water partition coefficient (Wildman–Crippen LogP) is 4.76. The Hall–Kier alpha value is -2.51. The van der Waals surface area contributed by atoms with Gasteiger partial charge in [0.15, 0.2) is 0 Å². The van der Waals surface area contributed by atoms with Gasteiger partial charge in [-0.25, -0.2) is 4.99 Å². The van der Waals surface area contributed by atoms with Crippen LogP contribution in [0.5, 0.6) is 0 Å². The van der Waals surface area contributed by atoms with E-state index >= 15 is 0 Å². The van der Waals surface area contributed by atoms with Crippen molar-refractivity contribution in [3.8, 4) is 0 Å². The van der Waals surface area contributed by atoms with Gasteiger partial charge in [-0.2, -0.15) is 0 Å². The topological polar surface area (TPSA) is 71.3 Å². The molecule has 1 unspecified atom stereocenters. The van der Waals surface area contributed by atoms with E-state index in [9.17, 15) is 10.3 Å². The molecule has 1 aromatic rings. The van der Waals surface area contributed by atoms with Crippen molar-refractivity contribution in [3.05, 3.63) is 82.2 Å². The highest BCUT2D eigenvalue weighted by Crippen LogP contribution is 2.56. The van der Waals surface area contributed by atoms with E-state index in [2.05, 4.69) is 58.8 Å². The minimum Gasteiger partial charge on any atom is -0.384 e. The fourth-order valence-electron chi connectivity index (χ4n) is 9.03. The first-order chi connectivity index (χ1) is 20.6. The van der Waals surface area contributed by atoms with E-state index in [1.54, 1.807) is 0 Å². The van der Waals surface area contributed by atoms with Crippen LogP contribution in [0.25, 0.3) is 5.57 Å². The molecular formula is C36H48N4O2. The van der Waals surface area contributed by atoms with Gasteiger partial charge in [-0.15, -0.1) is 0 Å². The molecule has 0 radical (unpaired) electrons. The Morgan fingerprint density at radius 1 is 0.881 bits per heavy atom. The van der Waals surface area contributed by atoms with Crippen molar-refractivity contribution in [3.63, 3.8) is 0 Å². The Balaban J connectivity index is 1.44. The average molecular weight is 569 g/mol. The molecule has 1 fully saturated rings. The van der Waals surface area contributed by atoms with E-state index in [4.69, 9.17) is 4.99 Å². The third-order valence-corrected chi connectivity index (χ3v) is 10.9. The number of hydrogen-bond donors (Lipinski definition) is 3. The molecule has 0 saturated carbocycles. The first kappa shape index (κ1) is 28.3. The van der Waals surface area contributed by atoms with Crippen LogP contribution in [0.2, 0.25) is 0 Å². The van der Waals surface area contributed by atoms with Crippen LogP contribution < -0.4 is 15.9 Å². The van der Waals surface area contributed by atoms with Crippen molar-refractivity contribution in [1.82, 2.24) is 15.3 Å². The van der Waals surface area contributed by atoms with Gasteiger partial charge in [-0.1, -0.05) is 42.5 Å². The number of nitrogens with zero attached hydrogens (tertiary/aromatic N) is 3. The molecule has 7 rings (SSSR count). The summed E-state index contributed by atoms with van der Waals surface area (Å²) in [6, 6.07) is 8.35. The lowest BCUT2D eigenvalue weighted by Crippen LogP contribution is -2.69. The molecule has 0 aromatic heterocycles. The van der Waals surface area contributed by atoms with Crippen LogP contribution in [-0.4, -0.2) is 64.6 Å². The molecule has 42 heavy (non-hydrogen) atoms. The summed E-state index contributed by atoms with van der Waals surface area (Å²) in [7, 11) is 0. The Bertz CT molecular complexity index is 1430. The maximum atomic E-state index is 13.0. The zero-order valence-corrected chi connectivity index (χ0v) is 25.1. The number of benzene rings is 1. The molecule has 1 saturated heterocycles.